The Labute approximate surface area is 168 Å². The van der Waals surface area contributed by atoms with Crippen molar-refractivity contribution in [2.75, 3.05) is 18.0 Å². The van der Waals surface area contributed by atoms with E-state index in [1.54, 1.807) is 19.1 Å². The minimum atomic E-state index is -0.659. The summed E-state index contributed by atoms with van der Waals surface area (Å²) in [4.78, 5) is 15.3. The first kappa shape index (κ1) is 19.0. The van der Waals surface area contributed by atoms with Crippen molar-refractivity contribution in [1.29, 1.82) is 0 Å². The monoisotopic (exact) mass is 404 g/mol. The average Bonchev–Trinajstić information content (AvgIpc) is 3.33. The van der Waals surface area contributed by atoms with Crippen LogP contribution in [0.3, 0.4) is 0 Å². The SMILES string of the molecule is Cc1c(Cl)ccc(C2(C(=O)NC3CC(C)CCN(c4nnn[nH]4)C3)CC2)c1O. The van der Waals surface area contributed by atoms with Gasteiger partial charge in [0, 0.05) is 35.3 Å². The first-order chi connectivity index (χ1) is 13.4. The second-order valence-corrected chi connectivity index (χ2v) is 8.53. The van der Waals surface area contributed by atoms with Gasteiger partial charge in [0.25, 0.3) is 0 Å². The zero-order valence-electron chi connectivity index (χ0n) is 16.1. The zero-order chi connectivity index (χ0) is 19.9. The molecule has 0 spiro atoms. The number of nitrogens with one attached hydrogen (secondary N) is 2. The van der Waals surface area contributed by atoms with Crippen molar-refractivity contribution in [3.8, 4) is 5.75 Å². The minimum absolute atomic E-state index is 0.0110. The number of hydrogen-bond acceptors (Lipinski definition) is 6. The van der Waals surface area contributed by atoms with Crippen LogP contribution in [-0.4, -0.2) is 50.8 Å². The third-order valence-electron chi connectivity index (χ3n) is 6.05. The highest BCUT2D eigenvalue weighted by atomic mass is 35.5. The number of phenolic OH excluding ortho intramolecular Hbond substituents is 1. The number of hydrogen-bond donors (Lipinski definition) is 3. The second kappa shape index (κ2) is 7.24. The number of carbonyl (C=O) groups excluding carboxylic acids is 1. The van der Waals surface area contributed by atoms with Gasteiger partial charge in [0.2, 0.25) is 11.9 Å². The Morgan fingerprint density at radius 1 is 1.43 bits per heavy atom. The van der Waals surface area contributed by atoms with E-state index in [0.717, 1.165) is 32.2 Å². The van der Waals surface area contributed by atoms with Gasteiger partial charge >= 0.3 is 0 Å². The Hall–Kier alpha value is -2.35. The number of amides is 1. The lowest BCUT2D eigenvalue weighted by Crippen LogP contribution is -2.47. The van der Waals surface area contributed by atoms with Crippen molar-refractivity contribution in [2.45, 2.75) is 51.0 Å². The molecule has 1 aromatic heterocycles. The van der Waals surface area contributed by atoms with E-state index in [1.807, 2.05) is 0 Å². The number of aromatic hydroxyl groups is 1. The number of carbonyl (C=O) groups is 1. The summed E-state index contributed by atoms with van der Waals surface area (Å²) in [6.07, 6.45) is 3.36. The lowest BCUT2D eigenvalue weighted by atomic mass is 9.91. The number of aromatic amines is 1. The van der Waals surface area contributed by atoms with Gasteiger partial charge < -0.3 is 15.3 Å². The van der Waals surface area contributed by atoms with Gasteiger partial charge in [0.1, 0.15) is 5.75 Å². The summed E-state index contributed by atoms with van der Waals surface area (Å²) in [6.45, 7) is 5.45. The lowest BCUT2D eigenvalue weighted by molar-refractivity contribution is -0.124. The number of anilines is 1. The van der Waals surface area contributed by atoms with Crippen LogP contribution in [0.25, 0.3) is 0 Å². The Morgan fingerprint density at radius 3 is 2.89 bits per heavy atom. The molecule has 1 saturated heterocycles. The Balaban J connectivity index is 1.53. The molecule has 1 amide bonds. The topological polar surface area (TPSA) is 107 Å². The van der Waals surface area contributed by atoms with Crippen LogP contribution in [0.15, 0.2) is 12.1 Å². The molecular formula is C19H25ClN6O2. The predicted octanol–water partition coefficient (Wildman–Crippen LogP) is 2.32. The van der Waals surface area contributed by atoms with Crippen LogP contribution in [0.1, 0.15) is 43.7 Å². The number of aromatic nitrogens is 4. The normalized spacial score (nSPS) is 23.9. The van der Waals surface area contributed by atoms with Gasteiger partial charge in [0.15, 0.2) is 0 Å². The summed E-state index contributed by atoms with van der Waals surface area (Å²) in [6, 6.07) is 3.52. The molecule has 0 bridgehead atoms. The summed E-state index contributed by atoms with van der Waals surface area (Å²) in [5.74, 6) is 1.20. The number of rotatable bonds is 4. The Morgan fingerprint density at radius 2 is 2.21 bits per heavy atom. The highest BCUT2D eigenvalue weighted by Gasteiger charge is 2.53. The van der Waals surface area contributed by atoms with Crippen LogP contribution in [0, 0.1) is 12.8 Å². The fourth-order valence-electron chi connectivity index (χ4n) is 4.13. The molecule has 8 nitrogen and oxygen atoms in total. The highest BCUT2D eigenvalue weighted by Crippen LogP contribution is 2.52. The van der Waals surface area contributed by atoms with Crippen molar-refractivity contribution in [3.05, 3.63) is 28.3 Å². The van der Waals surface area contributed by atoms with E-state index < -0.39 is 5.41 Å². The molecular weight excluding hydrogens is 380 g/mol. The maximum absolute atomic E-state index is 13.2. The maximum atomic E-state index is 13.2. The van der Waals surface area contributed by atoms with E-state index in [1.165, 1.54) is 0 Å². The molecule has 2 aromatic rings. The maximum Gasteiger partial charge on any atom is 0.242 e. The number of H-pyrrole nitrogens is 1. The van der Waals surface area contributed by atoms with Gasteiger partial charge in [0.05, 0.1) is 5.41 Å². The predicted molar refractivity (Wildman–Crippen MR) is 105 cm³/mol. The molecule has 4 rings (SSSR count). The van der Waals surface area contributed by atoms with Crippen molar-refractivity contribution in [2.24, 2.45) is 5.92 Å². The number of benzene rings is 1. The highest BCUT2D eigenvalue weighted by molar-refractivity contribution is 6.31. The van der Waals surface area contributed by atoms with E-state index in [4.69, 9.17) is 11.6 Å². The third-order valence-corrected chi connectivity index (χ3v) is 6.46. The van der Waals surface area contributed by atoms with Gasteiger partial charge in [-0.3, -0.25) is 4.79 Å². The number of phenols is 1. The number of tetrazole rings is 1. The first-order valence-electron chi connectivity index (χ1n) is 9.69. The van der Waals surface area contributed by atoms with Crippen molar-refractivity contribution in [1.82, 2.24) is 25.9 Å². The van der Waals surface area contributed by atoms with Gasteiger partial charge in [-0.2, -0.15) is 0 Å². The van der Waals surface area contributed by atoms with Crippen LogP contribution in [-0.2, 0) is 10.2 Å². The molecule has 28 heavy (non-hydrogen) atoms. The summed E-state index contributed by atoms with van der Waals surface area (Å²) >= 11 is 6.11. The largest absolute Gasteiger partial charge is 0.507 e. The Kier molecular flexibility index (Phi) is 4.91. The molecule has 1 aromatic carbocycles. The van der Waals surface area contributed by atoms with E-state index in [9.17, 15) is 9.90 Å². The number of nitrogens with zero attached hydrogens (tertiary/aromatic N) is 4. The van der Waals surface area contributed by atoms with E-state index in [2.05, 4.69) is 37.8 Å². The lowest BCUT2D eigenvalue weighted by Gasteiger charge is -2.26. The van der Waals surface area contributed by atoms with Gasteiger partial charge in [-0.1, -0.05) is 29.7 Å². The molecule has 2 aliphatic rings. The minimum Gasteiger partial charge on any atom is -0.507 e. The summed E-state index contributed by atoms with van der Waals surface area (Å²) < 4.78 is 0. The van der Waals surface area contributed by atoms with Crippen molar-refractivity contribution < 1.29 is 9.90 Å². The zero-order valence-corrected chi connectivity index (χ0v) is 16.8. The summed E-state index contributed by atoms with van der Waals surface area (Å²) in [7, 11) is 0. The molecule has 2 fully saturated rings. The van der Waals surface area contributed by atoms with E-state index in [-0.39, 0.29) is 17.7 Å². The van der Waals surface area contributed by atoms with Gasteiger partial charge in [-0.05, 0) is 55.0 Å². The number of halogens is 1. The fraction of sp³-hybridized carbons (Fsp3) is 0.579. The first-order valence-corrected chi connectivity index (χ1v) is 10.1. The molecule has 2 atom stereocenters. The Bertz CT molecular complexity index is 868. The molecule has 3 N–H and O–H groups in total. The standard InChI is InChI=1S/C19H25ClN6O2/c1-11-5-8-26(18-22-24-25-23-18)10-13(9-11)21-17(28)19(6-7-19)14-3-4-15(20)12(2)16(14)27/h3-4,11,13,27H,5-10H2,1-2H3,(H,21,28)(H,22,23,24,25). The second-order valence-electron chi connectivity index (χ2n) is 8.12. The van der Waals surface area contributed by atoms with Crippen molar-refractivity contribution in [3.63, 3.8) is 0 Å². The van der Waals surface area contributed by atoms with Gasteiger partial charge in [-0.15, -0.1) is 0 Å². The fourth-order valence-corrected chi connectivity index (χ4v) is 4.28. The van der Waals surface area contributed by atoms with Gasteiger partial charge in [-0.25, -0.2) is 5.10 Å². The quantitative estimate of drug-likeness (QED) is 0.721. The molecule has 1 aliphatic carbocycles. The van der Waals surface area contributed by atoms with Crippen LogP contribution in [0.2, 0.25) is 5.02 Å². The van der Waals surface area contributed by atoms with Crippen molar-refractivity contribution >= 4 is 23.5 Å². The molecule has 2 unspecified atom stereocenters. The molecule has 1 aliphatic heterocycles. The van der Waals surface area contributed by atoms with Crippen LogP contribution >= 0.6 is 11.6 Å². The molecule has 9 heteroatoms. The smallest absolute Gasteiger partial charge is 0.242 e. The van der Waals surface area contributed by atoms with Crippen LogP contribution < -0.4 is 10.2 Å². The van der Waals surface area contributed by atoms with Crippen LogP contribution in [0.5, 0.6) is 5.75 Å². The summed E-state index contributed by atoms with van der Waals surface area (Å²) in [5.41, 5.74) is 0.628. The third kappa shape index (κ3) is 3.41. The molecule has 2 heterocycles. The molecule has 1 saturated carbocycles. The molecule has 150 valence electrons. The summed E-state index contributed by atoms with van der Waals surface area (Å²) in [5, 5.41) is 28.4. The van der Waals surface area contributed by atoms with E-state index in [0.29, 0.717) is 34.6 Å². The van der Waals surface area contributed by atoms with E-state index >= 15 is 0 Å². The molecule has 0 radical (unpaired) electrons. The van der Waals surface area contributed by atoms with Crippen LogP contribution in [0.4, 0.5) is 5.95 Å². The average molecular weight is 405 g/mol.